The quantitative estimate of drug-likeness (QED) is 0.641. The highest BCUT2D eigenvalue weighted by molar-refractivity contribution is 5.94. The molecule has 7 nitrogen and oxygen atoms in total. The Morgan fingerprint density at radius 2 is 2.12 bits per heavy atom. The number of ether oxygens (including phenoxy) is 1. The lowest BCUT2D eigenvalue weighted by molar-refractivity contribution is 0.0698. The molecule has 166 valence electrons. The molecular weight excluding hydrogens is 406 g/mol. The number of hydrogen-bond acceptors (Lipinski definition) is 5. The Morgan fingerprint density at radius 3 is 2.84 bits per heavy atom. The van der Waals surface area contributed by atoms with E-state index in [1.165, 1.54) is 0 Å². The minimum absolute atomic E-state index is 0.00985. The Labute approximate surface area is 186 Å². The molecule has 0 radical (unpaired) electrons. The van der Waals surface area contributed by atoms with Gasteiger partial charge in [-0.2, -0.15) is 0 Å². The van der Waals surface area contributed by atoms with Crippen LogP contribution in [0, 0.1) is 6.92 Å². The van der Waals surface area contributed by atoms with Crippen LogP contribution in [0.25, 0.3) is 10.9 Å². The lowest BCUT2D eigenvalue weighted by atomic mass is 9.83. The summed E-state index contributed by atoms with van der Waals surface area (Å²) in [6.07, 6.45) is 1.73. The first-order valence-electron chi connectivity index (χ1n) is 11.0. The number of hydrogen-bond donors (Lipinski definition) is 2. The fourth-order valence-electron chi connectivity index (χ4n) is 5.39. The molecule has 0 unspecified atom stereocenters. The monoisotopic (exact) mass is 433 g/mol. The number of aromatic carboxylic acids is 1. The third-order valence-electron chi connectivity index (χ3n) is 6.88. The molecule has 1 spiro atoms. The van der Waals surface area contributed by atoms with E-state index >= 15 is 0 Å². The summed E-state index contributed by atoms with van der Waals surface area (Å²) in [6.45, 7) is 7.29. The summed E-state index contributed by atoms with van der Waals surface area (Å²) >= 11 is 0. The number of carboxylic acid groups (broad SMARTS) is 1. The maximum absolute atomic E-state index is 13.6. The standard InChI is InChI=1S/C25H27N3O4/c1-14-10-18(16(3)26-20-7-5-4-6-17(20)23(30)31)21-19(11-14)22(29)28-15(2)12-25(24(28)27-21)8-9-32-13-25/h4-7,10-11,15-16,26H,8-9,12-13H2,1-3H3,(H,30,31)/t15-,16+,25+/m0/s1. The normalized spacial score (nSPS) is 22.9. The summed E-state index contributed by atoms with van der Waals surface area (Å²) in [6, 6.07) is 10.6. The zero-order valence-electron chi connectivity index (χ0n) is 18.5. The molecule has 3 aromatic rings. The van der Waals surface area contributed by atoms with Crippen LogP contribution in [-0.4, -0.2) is 33.8 Å². The van der Waals surface area contributed by atoms with Crippen LogP contribution in [0.15, 0.2) is 41.2 Å². The summed E-state index contributed by atoms with van der Waals surface area (Å²) in [5.74, 6) is -0.163. The molecule has 1 fully saturated rings. The highest BCUT2D eigenvalue weighted by atomic mass is 16.5. The Balaban J connectivity index is 1.67. The smallest absolute Gasteiger partial charge is 0.337 e. The molecule has 0 aliphatic carbocycles. The zero-order chi connectivity index (χ0) is 22.6. The van der Waals surface area contributed by atoms with E-state index in [0.29, 0.717) is 29.8 Å². The number of nitrogens with one attached hydrogen (secondary N) is 1. The van der Waals surface area contributed by atoms with Crippen molar-refractivity contribution in [3.8, 4) is 0 Å². The lowest BCUT2D eigenvalue weighted by Gasteiger charge is -2.22. The number of carboxylic acids is 1. The third kappa shape index (κ3) is 3.11. The van der Waals surface area contributed by atoms with Crippen molar-refractivity contribution in [2.24, 2.45) is 0 Å². The second-order valence-electron chi connectivity index (χ2n) is 9.21. The van der Waals surface area contributed by atoms with Crippen molar-refractivity contribution in [1.29, 1.82) is 0 Å². The largest absolute Gasteiger partial charge is 0.478 e. The number of anilines is 1. The number of nitrogens with zero attached hydrogens (tertiary/aromatic N) is 2. The van der Waals surface area contributed by atoms with Crippen LogP contribution in [0.4, 0.5) is 5.69 Å². The zero-order valence-corrected chi connectivity index (χ0v) is 18.5. The Morgan fingerprint density at radius 1 is 1.34 bits per heavy atom. The van der Waals surface area contributed by atoms with E-state index < -0.39 is 5.97 Å². The molecule has 0 amide bonds. The molecule has 1 aromatic heterocycles. The number of aryl methyl sites for hydroxylation is 1. The van der Waals surface area contributed by atoms with Gasteiger partial charge in [0.25, 0.3) is 5.56 Å². The van der Waals surface area contributed by atoms with Gasteiger partial charge in [-0.25, -0.2) is 9.78 Å². The van der Waals surface area contributed by atoms with E-state index in [1.54, 1.807) is 24.3 Å². The van der Waals surface area contributed by atoms with Gasteiger partial charge >= 0.3 is 5.97 Å². The maximum Gasteiger partial charge on any atom is 0.337 e. The summed E-state index contributed by atoms with van der Waals surface area (Å²) in [4.78, 5) is 30.3. The number of fused-ring (bicyclic) bond motifs is 3. The molecule has 7 heteroatoms. The molecule has 32 heavy (non-hydrogen) atoms. The van der Waals surface area contributed by atoms with Crippen LogP contribution in [0.3, 0.4) is 0 Å². The lowest BCUT2D eigenvalue weighted by Crippen LogP contribution is -2.29. The maximum atomic E-state index is 13.6. The van der Waals surface area contributed by atoms with Gasteiger partial charge in [-0.3, -0.25) is 9.36 Å². The SMILES string of the molecule is Cc1cc([C@@H](C)Nc2ccccc2C(=O)O)c2nc3n(c(=O)c2c1)[C@@H](C)C[C@@]31CCOC1. The Hall–Kier alpha value is -3.19. The van der Waals surface area contributed by atoms with E-state index in [1.807, 2.05) is 30.5 Å². The summed E-state index contributed by atoms with van der Waals surface area (Å²) < 4.78 is 7.59. The molecule has 3 atom stereocenters. The summed E-state index contributed by atoms with van der Waals surface area (Å²) in [7, 11) is 0. The van der Waals surface area contributed by atoms with Crippen molar-refractivity contribution >= 4 is 22.6 Å². The topological polar surface area (TPSA) is 93.5 Å². The number of para-hydroxylation sites is 1. The van der Waals surface area contributed by atoms with Gasteiger partial charge in [0, 0.05) is 23.9 Å². The first-order chi connectivity index (χ1) is 15.3. The minimum Gasteiger partial charge on any atom is -0.478 e. The van der Waals surface area contributed by atoms with Gasteiger partial charge < -0.3 is 15.2 Å². The first-order valence-corrected chi connectivity index (χ1v) is 11.0. The van der Waals surface area contributed by atoms with Gasteiger partial charge in [-0.05, 0) is 57.4 Å². The summed E-state index contributed by atoms with van der Waals surface area (Å²) in [5, 5.41) is 13.5. The first kappa shape index (κ1) is 20.7. The molecule has 5 rings (SSSR count). The number of rotatable bonds is 4. The fraction of sp³-hybridized carbons (Fsp3) is 0.400. The highest BCUT2D eigenvalue weighted by Crippen LogP contribution is 2.45. The van der Waals surface area contributed by atoms with Crippen molar-refractivity contribution in [2.45, 2.75) is 51.1 Å². The van der Waals surface area contributed by atoms with Crippen molar-refractivity contribution in [2.75, 3.05) is 18.5 Å². The molecule has 0 saturated carbocycles. The van der Waals surface area contributed by atoms with Gasteiger partial charge in [0.1, 0.15) is 5.82 Å². The second kappa shape index (κ2) is 7.45. The molecule has 2 aromatic carbocycles. The molecule has 1 saturated heterocycles. The molecule has 2 aliphatic heterocycles. The van der Waals surface area contributed by atoms with Gasteiger partial charge in [-0.1, -0.05) is 18.2 Å². The predicted octanol–water partition coefficient (Wildman–Crippen LogP) is 4.20. The molecule has 0 bridgehead atoms. The molecule has 2 aliphatic rings. The number of aromatic nitrogens is 2. The molecular formula is C25H27N3O4. The van der Waals surface area contributed by atoms with E-state index in [-0.39, 0.29) is 28.6 Å². The van der Waals surface area contributed by atoms with Crippen molar-refractivity contribution in [3.63, 3.8) is 0 Å². The van der Waals surface area contributed by atoms with Crippen molar-refractivity contribution in [3.05, 3.63) is 69.3 Å². The van der Waals surface area contributed by atoms with Gasteiger partial charge in [0.2, 0.25) is 0 Å². The van der Waals surface area contributed by atoms with E-state index in [4.69, 9.17) is 9.72 Å². The molecule has 2 N–H and O–H groups in total. The van der Waals surface area contributed by atoms with E-state index in [0.717, 1.165) is 29.8 Å². The van der Waals surface area contributed by atoms with Crippen molar-refractivity contribution in [1.82, 2.24) is 9.55 Å². The van der Waals surface area contributed by atoms with Crippen molar-refractivity contribution < 1.29 is 14.6 Å². The second-order valence-corrected chi connectivity index (χ2v) is 9.21. The van der Waals surface area contributed by atoms with Crippen LogP contribution in [0.5, 0.6) is 0 Å². The highest BCUT2D eigenvalue weighted by Gasteiger charge is 2.47. The predicted molar refractivity (Wildman–Crippen MR) is 123 cm³/mol. The van der Waals surface area contributed by atoms with Gasteiger partial charge in [0.15, 0.2) is 0 Å². The van der Waals surface area contributed by atoms with Gasteiger partial charge in [-0.15, -0.1) is 0 Å². The van der Waals surface area contributed by atoms with E-state index in [2.05, 4.69) is 12.2 Å². The van der Waals surface area contributed by atoms with Crippen LogP contribution in [-0.2, 0) is 10.2 Å². The fourth-order valence-corrected chi connectivity index (χ4v) is 5.39. The minimum atomic E-state index is -0.985. The molecule has 3 heterocycles. The van der Waals surface area contributed by atoms with E-state index in [9.17, 15) is 14.7 Å². The summed E-state index contributed by atoms with van der Waals surface area (Å²) in [5.41, 5.74) is 3.06. The third-order valence-corrected chi connectivity index (χ3v) is 6.88. The van der Waals surface area contributed by atoms with Crippen LogP contribution >= 0.6 is 0 Å². The Bertz CT molecular complexity index is 1290. The van der Waals surface area contributed by atoms with Crippen LogP contribution in [0.1, 0.15) is 66.1 Å². The van der Waals surface area contributed by atoms with Gasteiger partial charge in [0.05, 0.1) is 34.5 Å². The number of carbonyl (C=O) groups is 1. The average molecular weight is 434 g/mol. The number of benzene rings is 2. The Kier molecular flexibility index (Phi) is 4.82. The van der Waals surface area contributed by atoms with Crippen LogP contribution < -0.4 is 10.9 Å². The van der Waals surface area contributed by atoms with Crippen LogP contribution in [0.2, 0.25) is 0 Å². The average Bonchev–Trinajstić information content (AvgIpc) is 3.33.